The third-order valence-electron chi connectivity index (χ3n) is 3.55. The summed E-state index contributed by atoms with van der Waals surface area (Å²) in [4.78, 5) is 25.5. The standard InChI is InChI=1S/C17H21F2NO5/c1-17(2,3)25-16(22)20-9-11(8-13(20)15(21)23-4)24-14-6-5-10(18)7-12(14)19/h5-7,11,13H,8-9H2,1-4H3/t11-,13+/m1/s1. The quantitative estimate of drug-likeness (QED) is 0.779. The van der Waals surface area contributed by atoms with Crippen LogP contribution in [0.5, 0.6) is 5.75 Å². The lowest BCUT2D eigenvalue weighted by atomic mass is 10.2. The van der Waals surface area contributed by atoms with E-state index in [1.165, 1.54) is 12.0 Å². The van der Waals surface area contributed by atoms with Gasteiger partial charge in [-0.05, 0) is 32.9 Å². The molecule has 0 aromatic heterocycles. The molecule has 0 saturated carbocycles. The molecule has 1 aliphatic heterocycles. The van der Waals surface area contributed by atoms with Gasteiger partial charge in [0, 0.05) is 12.5 Å². The summed E-state index contributed by atoms with van der Waals surface area (Å²) in [5, 5.41) is 0. The number of hydrogen-bond acceptors (Lipinski definition) is 5. The maximum atomic E-state index is 13.7. The second-order valence-electron chi connectivity index (χ2n) is 6.72. The molecule has 6 nitrogen and oxygen atoms in total. The fraction of sp³-hybridized carbons (Fsp3) is 0.529. The van der Waals surface area contributed by atoms with E-state index in [4.69, 9.17) is 14.2 Å². The summed E-state index contributed by atoms with van der Waals surface area (Å²) in [5.41, 5.74) is -0.736. The van der Waals surface area contributed by atoms with Crippen LogP contribution in [0.15, 0.2) is 18.2 Å². The van der Waals surface area contributed by atoms with Gasteiger partial charge in [-0.2, -0.15) is 0 Å². The average Bonchev–Trinajstić information content (AvgIpc) is 2.92. The number of ether oxygens (including phenoxy) is 3. The Bertz CT molecular complexity index is 659. The Morgan fingerprint density at radius 3 is 2.48 bits per heavy atom. The summed E-state index contributed by atoms with van der Waals surface area (Å²) in [5.74, 6) is -2.35. The summed E-state index contributed by atoms with van der Waals surface area (Å²) in [6.07, 6.45) is -1.23. The molecule has 0 radical (unpaired) electrons. The van der Waals surface area contributed by atoms with Crippen LogP contribution in [0.25, 0.3) is 0 Å². The Balaban J connectivity index is 2.14. The number of rotatable bonds is 3. The van der Waals surface area contributed by atoms with Crippen LogP contribution in [0, 0.1) is 11.6 Å². The molecule has 25 heavy (non-hydrogen) atoms. The lowest BCUT2D eigenvalue weighted by Gasteiger charge is -2.27. The predicted molar refractivity (Wildman–Crippen MR) is 84.1 cm³/mol. The van der Waals surface area contributed by atoms with Crippen molar-refractivity contribution in [3.05, 3.63) is 29.8 Å². The zero-order chi connectivity index (χ0) is 18.8. The first kappa shape index (κ1) is 19.0. The topological polar surface area (TPSA) is 65.1 Å². The van der Waals surface area contributed by atoms with Crippen molar-refractivity contribution in [1.82, 2.24) is 4.90 Å². The first-order chi connectivity index (χ1) is 11.6. The molecular weight excluding hydrogens is 336 g/mol. The smallest absolute Gasteiger partial charge is 0.411 e. The Hall–Kier alpha value is -2.38. The van der Waals surface area contributed by atoms with E-state index < -0.39 is 41.4 Å². The molecule has 0 unspecified atom stereocenters. The summed E-state index contributed by atoms with van der Waals surface area (Å²) in [6, 6.07) is 2.03. The Labute approximate surface area is 144 Å². The van der Waals surface area contributed by atoms with E-state index >= 15 is 0 Å². The highest BCUT2D eigenvalue weighted by molar-refractivity contribution is 5.82. The minimum Gasteiger partial charge on any atom is -0.485 e. The van der Waals surface area contributed by atoms with E-state index in [0.717, 1.165) is 12.1 Å². The van der Waals surface area contributed by atoms with Crippen LogP contribution in [0.1, 0.15) is 27.2 Å². The van der Waals surface area contributed by atoms with Crippen LogP contribution in [0.2, 0.25) is 0 Å². The largest absolute Gasteiger partial charge is 0.485 e. The highest BCUT2D eigenvalue weighted by Crippen LogP contribution is 2.27. The second-order valence-corrected chi connectivity index (χ2v) is 6.72. The van der Waals surface area contributed by atoms with Crippen molar-refractivity contribution in [3.8, 4) is 5.75 Å². The van der Waals surface area contributed by atoms with Gasteiger partial charge in [0.1, 0.15) is 23.6 Å². The van der Waals surface area contributed by atoms with E-state index in [1.54, 1.807) is 20.8 Å². The van der Waals surface area contributed by atoms with Crippen molar-refractivity contribution in [1.29, 1.82) is 0 Å². The first-order valence-corrected chi connectivity index (χ1v) is 7.80. The lowest BCUT2D eigenvalue weighted by molar-refractivity contribution is -0.145. The molecule has 0 N–H and O–H groups in total. The van der Waals surface area contributed by atoms with Gasteiger partial charge in [-0.25, -0.2) is 18.4 Å². The third kappa shape index (κ3) is 4.80. The maximum Gasteiger partial charge on any atom is 0.411 e. The highest BCUT2D eigenvalue weighted by atomic mass is 19.1. The van der Waals surface area contributed by atoms with E-state index in [0.29, 0.717) is 6.07 Å². The number of halogens is 2. The van der Waals surface area contributed by atoms with Crippen LogP contribution in [0.4, 0.5) is 13.6 Å². The van der Waals surface area contributed by atoms with Crippen molar-refractivity contribution in [3.63, 3.8) is 0 Å². The van der Waals surface area contributed by atoms with E-state index in [2.05, 4.69) is 0 Å². The second kappa shape index (κ2) is 7.25. The molecule has 0 spiro atoms. The number of esters is 1. The first-order valence-electron chi connectivity index (χ1n) is 7.80. The third-order valence-corrected chi connectivity index (χ3v) is 3.55. The van der Waals surface area contributed by atoms with Crippen LogP contribution in [0.3, 0.4) is 0 Å². The monoisotopic (exact) mass is 357 g/mol. The number of amides is 1. The van der Waals surface area contributed by atoms with Crippen LogP contribution >= 0.6 is 0 Å². The Morgan fingerprint density at radius 1 is 1.24 bits per heavy atom. The number of likely N-dealkylation sites (tertiary alicyclic amines) is 1. The molecule has 1 fully saturated rings. The number of hydrogen-bond donors (Lipinski definition) is 0. The van der Waals surface area contributed by atoms with Gasteiger partial charge in [-0.3, -0.25) is 4.90 Å². The van der Waals surface area contributed by atoms with Gasteiger partial charge < -0.3 is 14.2 Å². The molecule has 8 heteroatoms. The number of nitrogens with zero attached hydrogens (tertiary/aromatic N) is 1. The van der Waals surface area contributed by atoms with Crippen LogP contribution < -0.4 is 4.74 Å². The fourth-order valence-corrected chi connectivity index (χ4v) is 2.51. The minimum atomic E-state index is -0.895. The average molecular weight is 357 g/mol. The van der Waals surface area contributed by atoms with Gasteiger partial charge in [0.2, 0.25) is 0 Å². The molecule has 2 rings (SSSR count). The van der Waals surface area contributed by atoms with Crippen LogP contribution in [-0.4, -0.2) is 48.4 Å². The minimum absolute atomic E-state index is 0.0193. The SMILES string of the molecule is COC(=O)[C@@H]1C[C@@H](Oc2ccc(F)cc2F)CN1C(=O)OC(C)(C)C. The summed E-state index contributed by atoms with van der Waals surface area (Å²) in [6.45, 7) is 5.13. The molecule has 1 aromatic rings. The van der Waals surface area contributed by atoms with Gasteiger partial charge in [0.05, 0.1) is 13.7 Å². The molecule has 1 aliphatic rings. The molecule has 0 aliphatic carbocycles. The number of benzene rings is 1. The van der Waals surface area contributed by atoms with Gasteiger partial charge in [0.25, 0.3) is 0 Å². The van der Waals surface area contributed by atoms with E-state index in [9.17, 15) is 18.4 Å². The number of carbonyl (C=O) groups is 2. The molecular formula is C17H21F2NO5. The Morgan fingerprint density at radius 2 is 1.92 bits per heavy atom. The van der Waals surface area contributed by atoms with Gasteiger partial charge in [0.15, 0.2) is 11.6 Å². The van der Waals surface area contributed by atoms with E-state index in [-0.39, 0.29) is 18.7 Å². The summed E-state index contributed by atoms with van der Waals surface area (Å²) in [7, 11) is 1.21. The summed E-state index contributed by atoms with van der Waals surface area (Å²) >= 11 is 0. The van der Waals surface area contributed by atoms with Gasteiger partial charge in [-0.1, -0.05) is 0 Å². The van der Waals surface area contributed by atoms with E-state index in [1.807, 2.05) is 0 Å². The molecule has 0 bridgehead atoms. The lowest BCUT2D eigenvalue weighted by Crippen LogP contribution is -2.44. The Kier molecular flexibility index (Phi) is 5.49. The number of carbonyl (C=O) groups excluding carboxylic acids is 2. The molecule has 138 valence electrons. The van der Waals surface area contributed by atoms with Crippen LogP contribution in [-0.2, 0) is 14.3 Å². The molecule has 1 saturated heterocycles. The van der Waals surface area contributed by atoms with Crippen molar-refractivity contribution >= 4 is 12.1 Å². The fourth-order valence-electron chi connectivity index (χ4n) is 2.51. The normalized spacial score (nSPS) is 20.3. The molecule has 1 aromatic carbocycles. The zero-order valence-electron chi connectivity index (χ0n) is 14.5. The van der Waals surface area contributed by atoms with Crippen molar-refractivity contribution in [2.24, 2.45) is 0 Å². The molecule has 1 amide bonds. The highest BCUT2D eigenvalue weighted by Gasteiger charge is 2.43. The van der Waals surface area contributed by atoms with Gasteiger partial charge >= 0.3 is 12.1 Å². The van der Waals surface area contributed by atoms with Crippen molar-refractivity contribution in [2.45, 2.75) is 44.9 Å². The van der Waals surface area contributed by atoms with Crippen molar-refractivity contribution in [2.75, 3.05) is 13.7 Å². The molecule has 1 heterocycles. The number of methoxy groups -OCH3 is 1. The molecule has 2 atom stereocenters. The summed E-state index contributed by atoms with van der Waals surface area (Å²) < 4.78 is 42.2. The zero-order valence-corrected chi connectivity index (χ0v) is 14.5. The van der Waals surface area contributed by atoms with Crippen molar-refractivity contribution < 1.29 is 32.6 Å². The van der Waals surface area contributed by atoms with Gasteiger partial charge in [-0.15, -0.1) is 0 Å². The predicted octanol–water partition coefficient (Wildman–Crippen LogP) is 2.89. The maximum absolute atomic E-state index is 13.7.